The standard InChI is InChI=1S/C21H26N2O3/c1-4-6-12-26-18-9-7-8-16(13-18)21(25)22-17-11-10-15(3)19(14-17)23-20(24)5-2/h7-11,13-14H,4-6,12H2,1-3H3,(H,22,25)(H,23,24). The van der Waals surface area contributed by atoms with Gasteiger partial charge in [0, 0.05) is 23.4 Å². The van der Waals surface area contributed by atoms with Gasteiger partial charge in [0.15, 0.2) is 0 Å². The second kappa shape index (κ2) is 9.61. The Labute approximate surface area is 154 Å². The highest BCUT2D eigenvalue weighted by Crippen LogP contribution is 2.22. The molecule has 0 unspecified atom stereocenters. The van der Waals surface area contributed by atoms with Crippen LogP contribution in [0.2, 0.25) is 0 Å². The predicted molar refractivity (Wildman–Crippen MR) is 105 cm³/mol. The number of aryl methyl sites for hydroxylation is 1. The molecule has 26 heavy (non-hydrogen) atoms. The predicted octanol–water partition coefficient (Wildman–Crippen LogP) is 4.77. The van der Waals surface area contributed by atoms with Crippen molar-refractivity contribution in [3.8, 4) is 5.75 Å². The summed E-state index contributed by atoms with van der Waals surface area (Å²) in [6.07, 6.45) is 2.44. The molecule has 0 heterocycles. The van der Waals surface area contributed by atoms with E-state index in [-0.39, 0.29) is 11.8 Å². The number of rotatable bonds is 8. The molecule has 0 saturated carbocycles. The van der Waals surface area contributed by atoms with E-state index >= 15 is 0 Å². The van der Waals surface area contributed by atoms with E-state index in [0.29, 0.717) is 35.7 Å². The molecule has 0 saturated heterocycles. The van der Waals surface area contributed by atoms with Gasteiger partial charge in [-0.1, -0.05) is 32.4 Å². The highest BCUT2D eigenvalue weighted by Gasteiger charge is 2.09. The summed E-state index contributed by atoms with van der Waals surface area (Å²) < 4.78 is 5.65. The van der Waals surface area contributed by atoms with Crippen LogP contribution in [-0.2, 0) is 4.79 Å². The Morgan fingerprint density at radius 1 is 1.04 bits per heavy atom. The van der Waals surface area contributed by atoms with Gasteiger partial charge in [-0.2, -0.15) is 0 Å². The molecular weight excluding hydrogens is 328 g/mol. The van der Waals surface area contributed by atoms with Crippen molar-refractivity contribution in [3.05, 3.63) is 53.6 Å². The number of anilines is 2. The maximum atomic E-state index is 12.5. The maximum absolute atomic E-state index is 12.5. The minimum Gasteiger partial charge on any atom is -0.494 e. The van der Waals surface area contributed by atoms with Crippen LogP contribution in [0.5, 0.6) is 5.75 Å². The number of hydrogen-bond acceptors (Lipinski definition) is 3. The molecule has 5 heteroatoms. The normalized spacial score (nSPS) is 10.3. The van der Waals surface area contributed by atoms with Crippen LogP contribution in [0.4, 0.5) is 11.4 Å². The zero-order valence-corrected chi connectivity index (χ0v) is 15.6. The zero-order chi connectivity index (χ0) is 18.9. The Kier molecular flexibility index (Phi) is 7.21. The lowest BCUT2D eigenvalue weighted by molar-refractivity contribution is -0.115. The number of carbonyl (C=O) groups excluding carboxylic acids is 2. The molecule has 2 aromatic rings. The summed E-state index contributed by atoms with van der Waals surface area (Å²) in [5.74, 6) is 0.405. The van der Waals surface area contributed by atoms with Gasteiger partial charge in [-0.15, -0.1) is 0 Å². The van der Waals surface area contributed by atoms with Gasteiger partial charge in [0.1, 0.15) is 5.75 Å². The van der Waals surface area contributed by atoms with Gasteiger partial charge >= 0.3 is 0 Å². The zero-order valence-electron chi connectivity index (χ0n) is 15.6. The van der Waals surface area contributed by atoms with Crippen molar-refractivity contribution in [3.63, 3.8) is 0 Å². The number of ether oxygens (including phenoxy) is 1. The lowest BCUT2D eigenvalue weighted by Gasteiger charge is -2.12. The van der Waals surface area contributed by atoms with Crippen molar-refractivity contribution < 1.29 is 14.3 Å². The van der Waals surface area contributed by atoms with E-state index in [0.717, 1.165) is 18.4 Å². The van der Waals surface area contributed by atoms with Crippen LogP contribution in [0, 0.1) is 6.92 Å². The fraction of sp³-hybridized carbons (Fsp3) is 0.333. The molecule has 0 aliphatic carbocycles. The number of amides is 2. The second-order valence-corrected chi connectivity index (χ2v) is 6.12. The lowest BCUT2D eigenvalue weighted by Crippen LogP contribution is -2.14. The first-order chi connectivity index (χ1) is 12.5. The molecule has 2 rings (SSSR count). The molecule has 2 N–H and O–H groups in total. The van der Waals surface area contributed by atoms with Crippen molar-refractivity contribution in [2.75, 3.05) is 17.2 Å². The molecule has 5 nitrogen and oxygen atoms in total. The third-order valence-electron chi connectivity index (χ3n) is 3.95. The summed E-state index contributed by atoms with van der Waals surface area (Å²) in [5.41, 5.74) is 2.80. The van der Waals surface area contributed by atoms with E-state index < -0.39 is 0 Å². The highest BCUT2D eigenvalue weighted by atomic mass is 16.5. The van der Waals surface area contributed by atoms with Crippen molar-refractivity contribution in [1.82, 2.24) is 0 Å². The SMILES string of the molecule is CCCCOc1cccc(C(=O)Nc2ccc(C)c(NC(=O)CC)c2)c1. The van der Waals surface area contributed by atoms with Gasteiger partial charge in [0.05, 0.1) is 6.61 Å². The minimum atomic E-state index is -0.220. The maximum Gasteiger partial charge on any atom is 0.255 e. The molecule has 2 amide bonds. The third-order valence-corrected chi connectivity index (χ3v) is 3.95. The van der Waals surface area contributed by atoms with E-state index in [1.807, 2.05) is 25.1 Å². The fourth-order valence-electron chi connectivity index (χ4n) is 2.34. The number of unbranched alkanes of at least 4 members (excludes halogenated alkanes) is 1. The average Bonchev–Trinajstić information content (AvgIpc) is 2.64. The smallest absolute Gasteiger partial charge is 0.255 e. The molecule has 0 spiro atoms. The van der Waals surface area contributed by atoms with Crippen LogP contribution in [0.1, 0.15) is 49.0 Å². The van der Waals surface area contributed by atoms with Gasteiger partial charge < -0.3 is 15.4 Å². The average molecular weight is 354 g/mol. The van der Waals surface area contributed by atoms with E-state index in [9.17, 15) is 9.59 Å². The summed E-state index contributed by atoms with van der Waals surface area (Å²) in [7, 11) is 0. The number of nitrogens with one attached hydrogen (secondary N) is 2. The molecular formula is C21H26N2O3. The van der Waals surface area contributed by atoms with Crippen molar-refractivity contribution in [1.29, 1.82) is 0 Å². The summed E-state index contributed by atoms with van der Waals surface area (Å²) in [4.78, 5) is 24.1. The van der Waals surface area contributed by atoms with E-state index in [1.54, 1.807) is 31.2 Å². The minimum absolute atomic E-state index is 0.0616. The Morgan fingerprint density at radius 3 is 2.58 bits per heavy atom. The van der Waals surface area contributed by atoms with Crippen LogP contribution in [0.25, 0.3) is 0 Å². The summed E-state index contributed by atoms with van der Waals surface area (Å²) in [6.45, 7) is 6.45. The Hall–Kier alpha value is -2.82. The van der Waals surface area contributed by atoms with E-state index in [2.05, 4.69) is 17.6 Å². The quantitative estimate of drug-likeness (QED) is 0.671. The molecule has 0 atom stereocenters. The largest absolute Gasteiger partial charge is 0.494 e. The van der Waals surface area contributed by atoms with Crippen LogP contribution in [0.3, 0.4) is 0 Å². The van der Waals surface area contributed by atoms with Gasteiger partial charge in [-0.3, -0.25) is 9.59 Å². The third kappa shape index (κ3) is 5.62. The van der Waals surface area contributed by atoms with Gasteiger partial charge in [0.2, 0.25) is 5.91 Å². The molecule has 0 aliphatic heterocycles. The van der Waals surface area contributed by atoms with Crippen LogP contribution < -0.4 is 15.4 Å². The molecule has 0 fully saturated rings. The van der Waals surface area contributed by atoms with Crippen molar-refractivity contribution in [2.24, 2.45) is 0 Å². The molecule has 0 aromatic heterocycles. The Balaban J connectivity index is 2.08. The van der Waals surface area contributed by atoms with Crippen molar-refractivity contribution in [2.45, 2.75) is 40.0 Å². The van der Waals surface area contributed by atoms with Gasteiger partial charge in [-0.25, -0.2) is 0 Å². The molecule has 138 valence electrons. The number of benzene rings is 2. The van der Waals surface area contributed by atoms with Crippen LogP contribution in [-0.4, -0.2) is 18.4 Å². The summed E-state index contributed by atoms with van der Waals surface area (Å²) >= 11 is 0. The number of hydrogen-bond donors (Lipinski definition) is 2. The topological polar surface area (TPSA) is 67.4 Å². The second-order valence-electron chi connectivity index (χ2n) is 6.12. The van der Waals surface area contributed by atoms with E-state index in [4.69, 9.17) is 4.74 Å². The molecule has 2 aromatic carbocycles. The first-order valence-electron chi connectivity index (χ1n) is 8.98. The van der Waals surface area contributed by atoms with E-state index in [1.165, 1.54) is 0 Å². The van der Waals surface area contributed by atoms with Gasteiger partial charge in [-0.05, 0) is 49.2 Å². The lowest BCUT2D eigenvalue weighted by atomic mass is 10.1. The summed E-state index contributed by atoms with van der Waals surface area (Å²) in [6, 6.07) is 12.6. The first kappa shape index (κ1) is 19.5. The highest BCUT2D eigenvalue weighted by molar-refractivity contribution is 6.05. The molecule has 0 aliphatic rings. The summed E-state index contributed by atoms with van der Waals surface area (Å²) in [5, 5.41) is 5.71. The van der Waals surface area contributed by atoms with Crippen LogP contribution in [0.15, 0.2) is 42.5 Å². The fourth-order valence-corrected chi connectivity index (χ4v) is 2.34. The van der Waals surface area contributed by atoms with Crippen LogP contribution >= 0.6 is 0 Å². The Morgan fingerprint density at radius 2 is 1.85 bits per heavy atom. The van der Waals surface area contributed by atoms with Gasteiger partial charge in [0.25, 0.3) is 5.91 Å². The molecule has 0 bridgehead atoms. The Bertz CT molecular complexity index is 772. The monoisotopic (exact) mass is 354 g/mol. The van der Waals surface area contributed by atoms with Crippen molar-refractivity contribution >= 4 is 23.2 Å². The molecule has 0 radical (unpaired) electrons. The first-order valence-corrected chi connectivity index (χ1v) is 8.98. The number of carbonyl (C=O) groups is 2.